The van der Waals surface area contributed by atoms with Crippen molar-refractivity contribution >= 4 is 27.6 Å². The zero-order chi connectivity index (χ0) is 20.9. The number of carbonyl (C=O) groups excluding carboxylic acids is 2. The van der Waals surface area contributed by atoms with E-state index in [1.54, 1.807) is 36.1 Å². The Kier molecular flexibility index (Phi) is 7.29. The first-order valence-corrected chi connectivity index (χ1v) is 11.1. The number of nitrogens with zero attached hydrogens (tertiary/aromatic N) is 2. The zero-order valence-corrected chi connectivity index (χ0v) is 17.6. The van der Waals surface area contributed by atoms with E-state index in [1.807, 2.05) is 0 Å². The number of hydrogen-bond acceptors (Lipinski definition) is 6. The van der Waals surface area contributed by atoms with Gasteiger partial charge in [0.05, 0.1) is 32.1 Å². The van der Waals surface area contributed by atoms with Gasteiger partial charge >= 0.3 is 5.97 Å². The standard InChI is InChI=1S/C19H28N2O6S/c1-5-17(18(22)20-11-9-14(10-12-20)19(23)27-3)21(28(4,24)25)15-7-6-8-16(13-15)26-2/h6-8,13-14,17H,5,9-12H2,1-4H3/t17-/m0/s1. The van der Waals surface area contributed by atoms with Crippen molar-refractivity contribution in [1.29, 1.82) is 0 Å². The second-order valence-corrected chi connectivity index (χ2v) is 8.67. The van der Waals surface area contributed by atoms with Gasteiger partial charge in [0, 0.05) is 19.2 Å². The van der Waals surface area contributed by atoms with E-state index in [-0.39, 0.29) is 17.8 Å². The van der Waals surface area contributed by atoms with E-state index in [4.69, 9.17) is 9.47 Å². The van der Waals surface area contributed by atoms with Crippen LogP contribution in [0.25, 0.3) is 0 Å². The van der Waals surface area contributed by atoms with E-state index < -0.39 is 16.1 Å². The molecular weight excluding hydrogens is 384 g/mol. The van der Waals surface area contributed by atoms with Crippen LogP contribution in [-0.4, -0.2) is 64.8 Å². The number of anilines is 1. The molecule has 1 fully saturated rings. The summed E-state index contributed by atoms with van der Waals surface area (Å²) in [4.78, 5) is 26.5. The Hall–Kier alpha value is -2.29. The largest absolute Gasteiger partial charge is 0.497 e. The van der Waals surface area contributed by atoms with Crippen LogP contribution in [-0.2, 0) is 24.3 Å². The molecule has 0 radical (unpaired) electrons. The van der Waals surface area contributed by atoms with Crippen LogP contribution in [0.4, 0.5) is 5.69 Å². The number of carbonyl (C=O) groups is 2. The van der Waals surface area contributed by atoms with Gasteiger partial charge in [0.15, 0.2) is 0 Å². The first kappa shape index (κ1) is 22.0. The summed E-state index contributed by atoms with van der Waals surface area (Å²) in [6, 6.07) is 5.77. The number of rotatable bonds is 7. The summed E-state index contributed by atoms with van der Waals surface area (Å²) in [5.41, 5.74) is 0.381. The minimum absolute atomic E-state index is 0.224. The molecule has 28 heavy (non-hydrogen) atoms. The minimum atomic E-state index is -3.71. The maximum atomic E-state index is 13.2. The summed E-state index contributed by atoms with van der Waals surface area (Å²) < 4.78 is 36.2. The zero-order valence-electron chi connectivity index (χ0n) is 16.8. The van der Waals surface area contributed by atoms with E-state index in [0.717, 1.165) is 10.6 Å². The molecule has 0 saturated carbocycles. The average Bonchev–Trinajstić information content (AvgIpc) is 2.70. The normalized spacial score (nSPS) is 16.4. The van der Waals surface area contributed by atoms with Gasteiger partial charge in [-0.1, -0.05) is 13.0 Å². The molecule has 0 aromatic heterocycles. The molecule has 1 aliphatic rings. The molecule has 0 unspecified atom stereocenters. The Balaban J connectivity index is 2.26. The molecule has 1 heterocycles. The number of ether oxygens (including phenoxy) is 2. The highest BCUT2D eigenvalue weighted by molar-refractivity contribution is 7.92. The van der Waals surface area contributed by atoms with Crippen LogP contribution in [0.15, 0.2) is 24.3 Å². The van der Waals surface area contributed by atoms with Crippen molar-refractivity contribution in [1.82, 2.24) is 4.90 Å². The summed E-state index contributed by atoms with van der Waals surface area (Å²) in [7, 11) is -0.860. The van der Waals surface area contributed by atoms with Crippen LogP contribution < -0.4 is 9.04 Å². The number of benzene rings is 1. The van der Waals surface area contributed by atoms with Gasteiger partial charge in [0.25, 0.3) is 0 Å². The van der Waals surface area contributed by atoms with Crippen molar-refractivity contribution in [2.24, 2.45) is 5.92 Å². The third kappa shape index (κ3) is 4.95. The molecule has 156 valence electrons. The number of piperidine rings is 1. The van der Waals surface area contributed by atoms with Crippen molar-refractivity contribution < 1.29 is 27.5 Å². The number of hydrogen-bond donors (Lipinski definition) is 0. The lowest BCUT2D eigenvalue weighted by atomic mass is 9.96. The molecule has 2 rings (SSSR count). The van der Waals surface area contributed by atoms with E-state index in [1.165, 1.54) is 14.2 Å². The Bertz CT molecular complexity index is 802. The van der Waals surface area contributed by atoms with Crippen LogP contribution in [0, 0.1) is 5.92 Å². The smallest absolute Gasteiger partial charge is 0.308 e. The molecule has 1 amide bonds. The van der Waals surface area contributed by atoms with Gasteiger partial charge in [0.2, 0.25) is 15.9 Å². The molecule has 1 aromatic carbocycles. The summed E-state index contributed by atoms with van der Waals surface area (Å²) in [5.74, 6) is -0.252. The lowest BCUT2D eigenvalue weighted by Gasteiger charge is -2.37. The molecule has 0 aliphatic carbocycles. The van der Waals surface area contributed by atoms with Crippen LogP contribution >= 0.6 is 0 Å². The second-order valence-electron chi connectivity index (χ2n) is 6.81. The third-order valence-electron chi connectivity index (χ3n) is 4.96. The highest BCUT2D eigenvalue weighted by Crippen LogP contribution is 2.28. The SMILES string of the molecule is CC[C@@H](C(=O)N1CCC(C(=O)OC)CC1)N(c1cccc(OC)c1)S(C)(=O)=O. The molecule has 1 aromatic rings. The number of esters is 1. The van der Waals surface area contributed by atoms with Crippen molar-refractivity contribution in [3.05, 3.63) is 24.3 Å². The van der Waals surface area contributed by atoms with Crippen LogP contribution in [0.3, 0.4) is 0 Å². The highest BCUT2D eigenvalue weighted by atomic mass is 32.2. The van der Waals surface area contributed by atoms with Crippen molar-refractivity contribution in [3.63, 3.8) is 0 Å². The molecule has 8 nitrogen and oxygen atoms in total. The van der Waals surface area contributed by atoms with Gasteiger partial charge in [-0.3, -0.25) is 13.9 Å². The fourth-order valence-corrected chi connectivity index (χ4v) is 4.70. The second kappa shape index (κ2) is 9.27. The first-order valence-electron chi connectivity index (χ1n) is 9.23. The van der Waals surface area contributed by atoms with Crippen molar-refractivity contribution in [2.75, 3.05) is 37.9 Å². The number of amides is 1. The minimum Gasteiger partial charge on any atom is -0.497 e. The molecule has 0 spiro atoms. The Morgan fingerprint density at radius 1 is 1.25 bits per heavy atom. The van der Waals surface area contributed by atoms with Crippen LogP contribution in [0.1, 0.15) is 26.2 Å². The van der Waals surface area contributed by atoms with Gasteiger partial charge in [0.1, 0.15) is 11.8 Å². The van der Waals surface area contributed by atoms with Gasteiger partial charge in [-0.25, -0.2) is 8.42 Å². The van der Waals surface area contributed by atoms with Crippen molar-refractivity contribution in [3.8, 4) is 5.75 Å². The summed E-state index contributed by atoms with van der Waals surface area (Å²) in [6.45, 7) is 2.57. The number of sulfonamides is 1. The Labute approximate surface area is 166 Å². The fourth-order valence-electron chi connectivity index (χ4n) is 3.50. The summed E-state index contributed by atoms with van der Waals surface area (Å²) in [6.07, 6.45) is 2.42. The lowest BCUT2D eigenvalue weighted by Crippen LogP contribution is -2.52. The monoisotopic (exact) mass is 412 g/mol. The Morgan fingerprint density at radius 2 is 1.89 bits per heavy atom. The Morgan fingerprint density at radius 3 is 2.39 bits per heavy atom. The fraction of sp³-hybridized carbons (Fsp3) is 0.579. The molecular formula is C19H28N2O6S. The maximum Gasteiger partial charge on any atom is 0.308 e. The van der Waals surface area contributed by atoms with E-state index in [9.17, 15) is 18.0 Å². The molecule has 1 aliphatic heterocycles. The predicted octanol–water partition coefficient (Wildman–Crippen LogP) is 1.65. The average molecular weight is 413 g/mol. The molecule has 1 saturated heterocycles. The quantitative estimate of drug-likeness (QED) is 0.632. The van der Waals surface area contributed by atoms with E-state index in [2.05, 4.69) is 0 Å². The van der Waals surface area contributed by atoms with Crippen LogP contribution in [0.2, 0.25) is 0 Å². The third-order valence-corrected chi connectivity index (χ3v) is 6.14. The van der Waals surface area contributed by atoms with E-state index >= 15 is 0 Å². The first-order chi connectivity index (χ1) is 13.2. The van der Waals surface area contributed by atoms with Gasteiger partial charge in [-0.15, -0.1) is 0 Å². The molecule has 0 N–H and O–H groups in total. The topological polar surface area (TPSA) is 93.2 Å². The van der Waals surface area contributed by atoms with Gasteiger partial charge in [-0.2, -0.15) is 0 Å². The molecule has 9 heteroatoms. The number of methoxy groups -OCH3 is 2. The van der Waals surface area contributed by atoms with E-state index in [0.29, 0.717) is 43.8 Å². The number of likely N-dealkylation sites (tertiary alicyclic amines) is 1. The molecule has 0 bridgehead atoms. The van der Waals surface area contributed by atoms with Gasteiger partial charge in [-0.05, 0) is 31.4 Å². The summed E-state index contributed by atoms with van der Waals surface area (Å²) in [5, 5.41) is 0. The highest BCUT2D eigenvalue weighted by Gasteiger charge is 2.36. The molecule has 1 atom stereocenters. The van der Waals surface area contributed by atoms with Gasteiger partial charge < -0.3 is 14.4 Å². The lowest BCUT2D eigenvalue weighted by molar-refractivity contribution is -0.149. The maximum absolute atomic E-state index is 13.2. The van der Waals surface area contributed by atoms with Crippen molar-refractivity contribution in [2.45, 2.75) is 32.2 Å². The van der Waals surface area contributed by atoms with Crippen LogP contribution in [0.5, 0.6) is 5.75 Å². The predicted molar refractivity (Wildman–Crippen MR) is 106 cm³/mol. The summed E-state index contributed by atoms with van der Waals surface area (Å²) >= 11 is 0.